The average molecular weight is 263 g/mol. The van der Waals surface area contributed by atoms with Gasteiger partial charge >= 0.3 is 11.9 Å². The summed E-state index contributed by atoms with van der Waals surface area (Å²) in [4.78, 5) is 23.2. The van der Waals surface area contributed by atoms with Crippen LogP contribution in [0.1, 0.15) is 23.2 Å². The minimum atomic E-state index is -0.433. The number of ether oxygens (including phenoxy) is 2. The predicted octanol–water partition coefficient (Wildman–Crippen LogP) is 1.84. The normalized spacial score (nSPS) is 15.5. The molecule has 1 N–H and O–H groups in total. The molecule has 1 aromatic rings. The van der Waals surface area contributed by atoms with Crippen LogP contribution in [0.5, 0.6) is 0 Å². The molecular formula is C14H17NO4. The van der Waals surface area contributed by atoms with Gasteiger partial charge in [-0.25, -0.2) is 4.79 Å². The Morgan fingerprint density at radius 3 is 2.47 bits per heavy atom. The van der Waals surface area contributed by atoms with Crippen molar-refractivity contribution in [3.05, 3.63) is 29.8 Å². The highest BCUT2D eigenvalue weighted by molar-refractivity contribution is 5.95. The molecule has 0 spiro atoms. The zero-order chi connectivity index (χ0) is 13.9. The largest absolute Gasteiger partial charge is 0.469 e. The van der Waals surface area contributed by atoms with Crippen molar-refractivity contribution in [3.8, 4) is 0 Å². The van der Waals surface area contributed by atoms with Crippen LogP contribution in [0, 0.1) is 5.41 Å². The van der Waals surface area contributed by atoms with Crippen LogP contribution in [-0.4, -0.2) is 32.7 Å². The fraction of sp³-hybridized carbons (Fsp3) is 0.429. The molecular weight excluding hydrogens is 246 g/mol. The Labute approximate surface area is 111 Å². The molecule has 0 unspecified atom stereocenters. The Morgan fingerprint density at radius 1 is 1.21 bits per heavy atom. The van der Waals surface area contributed by atoms with Crippen LogP contribution < -0.4 is 5.32 Å². The third-order valence-electron chi connectivity index (χ3n) is 3.42. The second-order valence-electron chi connectivity index (χ2n) is 4.66. The number of nitrogens with one attached hydrogen (secondary N) is 1. The van der Waals surface area contributed by atoms with Crippen molar-refractivity contribution in [2.24, 2.45) is 5.41 Å². The highest BCUT2D eigenvalue weighted by Crippen LogP contribution is 2.46. The summed E-state index contributed by atoms with van der Waals surface area (Å²) < 4.78 is 9.52. The number of anilines is 1. The van der Waals surface area contributed by atoms with E-state index in [1.54, 1.807) is 18.2 Å². The minimum absolute atomic E-state index is 0.199. The summed E-state index contributed by atoms with van der Waals surface area (Å²) in [6.45, 7) is 0.466. The summed E-state index contributed by atoms with van der Waals surface area (Å²) in [6, 6.07) is 7.07. The SMILES string of the molecule is COC(=O)c1ccccc1NCC1(C(=O)OC)CC1. The molecule has 0 bridgehead atoms. The van der Waals surface area contributed by atoms with Crippen LogP contribution in [-0.2, 0) is 14.3 Å². The molecule has 1 fully saturated rings. The maximum absolute atomic E-state index is 11.6. The molecule has 5 nitrogen and oxygen atoms in total. The number of carbonyl (C=O) groups excluding carboxylic acids is 2. The standard InChI is InChI=1S/C14H17NO4/c1-18-12(16)10-5-3-4-6-11(10)15-9-14(7-8-14)13(17)19-2/h3-6,15H,7-9H2,1-2H3. The molecule has 0 amide bonds. The molecule has 5 heteroatoms. The quantitative estimate of drug-likeness (QED) is 0.821. The Kier molecular flexibility index (Phi) is 3.74. The first-order valence-corrected chi connectivity index (χ1v) is 6.12. The minimum Gasteiger partial charge on any atom is -0.469 e. The summed E-state index contributed by atoms with van der Waals surface area (Å²) in [5.41, 5.74) is 0.702. The van der Waals surface area contributed by atoms with Crippen LogP contribution in [0.15, 0.2) is 24.3 Å². The van der Waals surface area contributed by atoms with E-state index in [0.717, 1.165) is 12.8 Å². The number of para-hydroxylation sites is 1. The van der Waals surface area contributed by atoms with Gasteiger partial charge in [-0.1, -0.05) is 12.1 Å². The van der Waals surface area contributed by atoms with Gasteiger partial charge in [0.25, 0.3) is 0 Å². The first-order chi connectivity index (χ1) is 9.13. The van der Waals surface area contributed by atoms with Crippen molar-refractivity contribution < 1.29 is 19.1 Å². The lowest BCUT2D eigenvalue weighted by Crippen LogP contribution is -2.26. The van der Waals surface area contributed by atoms with Gasteiger partial charge < -0.3 is 14.8 Å². The third kappa shape index (κ3) is 2.70. The molecule has 2 rings (SSSR count). The van der Waals surface area contributed by atoms with Crippen molar-refractivity contribution >= 4 is 17.6 Å². The van der Waals surface area contributed by atoms with Crippen molar-refractivity contribution in [3.63, 3.8) is 0 Å². The third-order valence-corrected chi connectivity index (χ3v) is 3.42. The van der Waals surface area contributed by atoms with Crippen LogP contribution in [0.3, 0.4) is 0 Å². The monoisotopic (exact) mass is 263 g/mol. The topological polar surface area (TPSA) is 64.6 Å². The Bertz CT molecular complexity index is 494. The van der Waals surface area contributed by atoms with Gasteiger partial charge in [0.2, 0.25) is 0 Å². The maximum atomic E-state index is 11.6. The molecule has 0 heterocycles. The van der Waals surface area contributed by atoms with Crippen LogP contribution in [0.2, 0.25) is 0 Å². The van der Waals surface area contributed by atoms with Crippen molar-refractivity contribution in [1.82, 2.24) is 0 Å². The average Bonchev–Trinajstić information content (AvgIpc) is 3.25. The maximum Gasteiger partial charge on any atom is 0.339 e. The predicted molar refractivity (Wildman–Crippen MR) is 70.0 cm³/mol. The first-order valence-electron chi connectivity index (χ1n) is 6.12. The van der Waals surface area contributed by atoms with Gasteiger partial charge in [-0.15, -0.1) is 0 Å². The molecule has 0 radical (unpaired) electrons. The van der Waals surface area contributed by atoms with E-state index in [1.807, 2.05) is 6.07 Å². The number of hydrogen-bond donors (Lipinski definition) is 1. The molecule has 0 saturated heterocycles. The van der Waals surface area contributed by atoms with Crippen LogP contribution >= 0.6 is 0 Å². The second-order valence-corrected chi connectivity index (χ2v) is 4.66. The molecule has 0 atom stereocenters. The summed E-state index contributed by atoms with van der Waals surface area (Å²) in [6.07, 6.45) is 1.63. The van der Waals surface area contributed by atoms with Gasteiger partial charge in [-0.2, -0.15) is 0 Å². The lowest BCUT2D eigenvalue weighted by molar-refractivity contribution is -0.146. The molecule has 1 saturated carbocycles. The molecule has 0 aliphatic heterocycles. The number of rotatable bonds is 5. The fourth-order valence-corrected chi connectivity index (χ4v) is 2.01. The van der Waals surface area contributed by atoms with E-state index in [2.05, 4.69) is 5.32 Å². The zero-order valence-electron chi connectivity index (χ0n) is 11.1. The first kappa shape index (κ1) is 13.4. The van der Waals surface area contributed by atoms with E-state index in [1.165, 1.54) is 14.2 Å². The Morgan fingerprint density at radius 2 is 1.89 bits per heavy atom. The van der Waals surface area contributed by atoms with E-state index in [4.69, 9.17) is 9.47 Å². The van der Waals surface area contributed by atoms with Gasteiger partial charge in [0.05, 0.1) is 25.2 Å². The number of methoxy groups -OCH3 is 2. The van der Waals surface area contributed by atoms with E-state index in [-0.39, 0.29) is 5.97 Å². The van der Waals surface area contributed by atoms with E-state index >= 15 is 0 Å². The lowest BCUT2D eigenvalue weighted by Gasteiger charge is -2.16. The fourth-order valence-electron chi connectivity index (χ4n) is 2.01. The number of hydrogen-bond acceptors (Lipinski definition) is 5. The van der Waals surface area contributed by atoms with Gasteiger partial charge in [0.15, 0.2) is 0 Å². The van der Waals surface area contributed by atoms with Gasteiger partial charge in [0.1, 0.15) is 0 Å². The number of benzene rings is 1. The number of esters is 2. The molecule has 1 aliphatic carbocycles. The van der Waals surface area contributed by atoms with E-state index in [0.29, 0.717) is 17.8 Å². The Hall–Kier alpha value is -2.04. The van der Waals surface area contributed by atoms with Gasteiger partial charge in [-0.05, 0) is 25.0 Å². The molecule has 1 aliphatic rings. The molecule has 102 valence electrons. The zero-order valence-corrected chi connectivity index (χ0v) is 11.1. The highest BCUT2D eigenvalue weighted by Gasteiger charge is 2.50. The molecule has 19 heavy (non-hydrogen) atoms. The van der Waals surface area contributed by atoms with Crippen molar-refractivity contribution in [2.75, 3.05) is 26.1 Å². The smallest absolute Gasteiger partial charge is 0.339 e. The molecule has 1 aromatic carbocycles. The summed E-state index contributed by atoms with van der Waals surface area (Å²) in [7, 11) is 2.74. The van der Waals surface area contributed by atoms with Crippen molar-refractivity contribution in [1.29, 1.82) is 0 Å². The van der Waals surface area contributed by atoms with Crippen LogP contribution in [0.25, 0.3) is 0 Å². The summed E-state index contributed by atoms with van der Waals surface area (Å²) in [5, 5.41) is 3.14. The van der Waals surface area contributed by atoms with Gasteiger partial charge in [-0.3, -0.25) is 4.79 Å². The number of carbonyl (C=O) groups is 2. The van der Waals surface area contributed by atoms with Gasteiger partial charge in [0, 0.05) is 12.2 Å². The summed E-state index contributed by atoms with van der Waals surface area (Å²) >= 11 is 0. The summed E-state index contributed by atoms with van der Waals surface area (Å²) in [5.74, 6) is -0.596. The van der Waals surface area contributed by atoms with Crippen LogP contribution in [0.4, 0.5) is 5.69 Å². The lowest BCUT2D eigenvalue weighted by atomic mass is 10.1. The van der Waals surface area contributed by atoms with E-state index < -0.39 is 11.4 Å². The van der Waals surface area contributed by atoms with E-state index in [9.17, 15) is 9.59 Å². The second kappa shape index (κ2) is 5.30. The molecule has 0 aromatic heterocycles. The Balaban J connectivity index is 2.08. The highest BCUT2D eigenvalue weighted by atomic mass is 16.5. The van der Waals surface area contributed by atoms with Crippen molar-refractivity contribution in [2.45, 2.75) is 12.8 Å².